The Labute approximate surface area is 136 Å². The number of hydrogen-bond acceptors (Lipinski definition) is 7. The van der Waals surface area contributed by atoms with E-state index in [0.29, 0.717) is 5.65 Å². The molecule has 2 aromatic heterocycles. The Kier molecular flexibility index (Phi) is 3.55. The molecule has 0 radical (unpaired) electrons. The molecule has 0 aliphatic carbocycles. The second-order valence-electron chi connectivity index (χ2n) is 5.32. The molecule has 118 valence electrons. The number of piperazine rings is 1. The van der Waals surface area contributed by atoms with Crippen LogP contribution < -0.4 is 16.0 Å². The lowest BCUT2D eigenvalue weighted by molar-refractivity contribution is 0.586. The average molecular weight is 330 g/mol. The van der Waals surface area contributed by atoms with Crippen molar-refractivity contribution < 1.29 is 4.39 Å². The van der Waals surface area contributed by atoms with Crippen LogP contribution in [0.1, 0.15) is 0 Å². The standard InChI is InChI=1S/C15H15FN6S/c16-10-3-1-9(2-4-10)14-19-12-11(23-14)13(21-15(17)20-12)22-7-5-18-6-8-22/h1-4,18H,5-8H2,(H2,17,20,21). The van der Waals surface area contributed by atoms with Crippen molar-refractivity contribution in [3.05, 3.63) is 30.1 Å². The van der Waals surface area contributed by atoms with Crippen molar-refractivity contribution >= 4 is 33.5 Å². The van der Waals surface area contributed by atoms with Crippen molar-refractivity contribution in [2.24, 2.45) is 0 Å². The van der Waals surface area contributed by atoms with Crippen molar-refractivity contribution in [3.8, 4) is 10.6 Å². The first-order valence-corrected chi connectivity index (χ1v) is 8.18. The first-order chi connectivity index (χ1) is 11.2. The number of rotatable bonds is 2. The predicted octanol–water partition coefficient (Wildman–Crippen LogP) is 1.88. The second-order valence-corrected chi connectivity index (χ2v) is 6.32. The highest BCUT2D eigenvalue weighted by atomic mass is 32.1. The number of nitrogen functional groups attached to an aromatic ring is 1. The number of aromatic nitrogens is 3. The van der Waals surface area contributed by atoms with Gasteiger partial charge in [-0.2, -0.15) is 9.97 Å². The Bertz CT molecular complexity index is 841. The second kappa shape index (κ2) is 5.71. The van der Waals surface area contributed by atoms with Crippen LogP contribution in [0.15, 0.2) is 24.3 Å². The van der Waals surface area contributed by atoms with E-state index in [2.05, 4.69) is 25.2 Å². The van der Waals surface area contributed by atoms with Crippen LogP contribution in [0.2, 0.25) is 0 Å². The maximum absolute atomic E-state index is 13.1. The highest BCUT2D eigenvalue weighted by Gasteiger charge is 2.19. The number of thiazole rings is 1. The molecule has 4 rings (SSSR count). The first-order valence-electron chi connectivity index (χ1n) is 7.36. The van der Waals surface area contributed by atoms with E-state index < -0.39 is 0 Å². The van der Waals surface area contributed by atoms with Gasteiger partial charge in [0.25, 0.3) is 0 Å². The van der Waals surface area contributed by atoms with E-state index in [1.54, 1.807) is 12.1 Å². The highest BCUT2D eigenvalue weighted by Crippen LogP contribution is 2.35. The maximum atomic E-state index is 13.1. The third-order valence-electron chi connectivity index (χ3n) is 3.76. The summed E-state index contributed by atoms with van der Waals surface area (Å²) in [4.78, 5) is 15.4. The summed E-state index contributed by atoms with van der Waals surface area (Å²) in [5, 5.41) is 4.11. The van der Waals surface area contributed by atoms with Gasteiger partial charge in [0.05, 0.1) is 0 Å². The molecule has 1 aliphatic heterocycles. The number of nitrogens with one attached hydrogen (secondary N) is 1. The molecule has 1 aromatic carbocycles. The lowest BCUT2D eigenvalue weighted by Crippen LogP contribution is -2.44. The molecular formula is C15H15FN6S. The normalized spacial score (nSPS) is 15.3. The summed E-state index contributed by atoms with van der Waals surface area (Å²) < 4.78 is 14.0. The van der Waals surface area contributed by atoms with Crippen LogP contribution in [0, 0.1) is 5.82 Å². The van der Waals surface area contributed by atoms with Crippen LogP contribution in [0.25, 0.3) is 20.9 Å². The van der Waals surface area contributed by atoms with Crippen molar-refractivity contribution in [1.82, 2.24) is 20.3 Å². The lowest BCUT2D eigenvalue weighted by atomic mass is 10.2. The summed E-state index contributed by atoms with van der Waals surface area (Å²) in [5.41, 5.74) is 7.30. The smallest absolute Gasteiger partial charge is 0.224 e. The maximum Gasteiger partial charge on any atom is 0.224 e. The van der Waals surface area contributed by atoms with E-state index in [-0.39, 0.29) is 11.8 Å². The van der Waals surface area contributed by atoms with Gasteiger partial charge in [0.2, 0.25) is 5.95 Å². The molecular weight excluding hydrogens is 315 g/mol. The predicted molar refractivity (Wildman–Crippen MR) is 90.1 cm³/mol. The third-order valence-corrected chi connectivity index (χ3v) is 4.85. The van der Waals surface area contributed by atoms with Crippen molar-refractivity contribution in [2.75, 3.05) is 36.8 Å². The van der Waals surface area contributed by atoms with Crippen LogP contribution in [0.5, 0.6) is 0 Å². The van der Waals surface area contributed by atoms with Gasteiger partial charge < -0.3 is 16.0 Å². The number of hydrogen-bond donors (Lipinski definition) is 2. The highest BCUT2D eigenvalue weighted by molar-refractivity contribution is 7.22. The molecule has 0 saturated carbocycles. The molecule has 3 N–H and O–H groups in total. The van der Waals surface area contributed by atoms with Crippen LogP contribution in [-0.2, 0) is 0 Å². The fourth-order valence-corrected chi connectivity index (χ4v) is 3.66. The zero-order valence-corrected chi connectivity index (χ0v) is 13.1. The van der Waals surface area contributed by atoms with Crippen LogP contribution in [0.3, 0.4) is 0 Å². The molecule has 0 spiro atoms. The summed E-state index contributed by atoms with van der Waals surface area (Å²) in [7, 11) is 0. The Balaban J connectivity index is 1.82. The van der Waals surface area contributed by atoms with Gasteiger partial charge in [0, 0.05) is 31.7 Å². The molecule has 0 atom stereocenters. The number of benzene rings is 1. The summed E-state index contributed by atoms with van der Waals surface area (Å²) in [5.74, 6) is 0.794. The van der Waals surface area contributed by atoms with Crippen LogP contribution >= 0.6 is 11.3 Å². The van der Waals surface area contributed by atoms with Gasteiger partial charge in [0.15, 0.2) is 11.5 Å². The van der Waals surface area contributed by atoms with E-state index in [1.165, 1.54) is 23.5 Å². The minimum Gasteiger partial charge on any atom is -0.368 e. The molecule has 8 heteroatoms. The number of fused-ring (bicyclic) bond motifs is 1. The molecule has 23 heavy (non-hydrogen) atoms. The Morgan fingerprint density at radius 2 is 1.83 bits per heavy atom. The van der Waals surface area contributed by atoms with Crippen molar-refractivity contribution in [3.63, 3.8) is 0 Å². The van der Waals surface area contributed by atoms with Gasteiger partial charge in [-0.1, -0.05) is 0 Å². The molecule has 1 fully saturated rings. The summed E-state index contributed by atoms with van der Waals surface area (Å²) >= 11 is 1.51. The molecule has 3 heterocycles. The molecule has 0 amide bonds. The van der Waals surface area contributed by atoms with E-state index in [0.717, 1.165) is 47.3 Å². The van der Waals surface area contributed by atoms with Crippen LogP contribution in [-0.4, -0.2) is 41.1 Å². The largest absolute Gasteiger partial charge is 0.368 e. The van der Waals surface area contributed by atoms with E-state index in [4.69, 9.17) is 5.73 Å². The monoisotopic (exact) mass is 330 g/mol. The van der Waals surface area contributed by atoms with Crippen molar-refractivity contribution in [1.29, 1.82) is 0 Å². The minimum atomic E-state index is -0.264. The zero-order valence-electron chi connectivity index (χ0n) is 12.3. The van der Waals surface area contributed by atoms with E-state index in [1.807, 2.05) is 0 Å². The summed E-state index contributed by atoms with van der Waals surface area (Å²) in [6.45, 7) is 3.56. The topological polar surface area (TPSA) is 80.0 Å². The fraction of sp³-hybridized carbons (Fsp3) is 0.267. The van der Waals surface area contributed by atoms with Gasteiger partial charge in [-0.25, -0.2) is 9.37 Å². The zero-order chi connectivity index (χ0) is 15.8. The number of anilines is 2. The first kappa shape index (κ1) is 14.3. The number of nitrogens with zero attached hydrogens (tertiary/aromatic N) is 4. The number of halogens is 1. The average Bonchev–Trinajstić information content (AvgIpc) is 2.99. The molecule has 0 unspecified atom stereocenters. The summed E-state index contributed by atoms with van der Waals surface area (Å²) in [6.07, 6.45) is 0. The van der Waals surface area contributed by atoms with E-state index >= 15 is 0 Å². The Hall–Kier alpha value is -2.32. The van der Waals surface area contributed by atoms with Gasteiger partial charge in [0.1, 0.15) is 15.5 Å². The SMILES string of the molecule is Nc1nc(N2CCNCC2)c2sc(-c3ccc(F)cc3)nc2n1. The Morgan fingerprint density at radius 3 is 2.57 bits per heavy atom. The molecule has 3 aromatic rings. The molecule has 1 saturated heterocycles. The molecule has 6 nitrogen and oxygen atoms in total. The quantitative estimate of drug-likeness (QED) is 0.747. The third kappa shape index (κ3) is 2.71. The summed E-state index contributed by atoms with van der Waals surface area (Å²) in [6, 6.07) is 6.29. The van der Waals surface area contributed by atoms with Crippen LogP contribution in [0.4, 0.5) is 16.2 Å². The fourth-order valence-electron chi connectivity index (χ4n) is 2.63. The molecule has 0 bridgehead atoms. The van der Waals surface area contributed by atoms with Crippen molar-refractivity contribution in [2.45, 2.75) is 0 Å². The van der Waals surface area contributed by atoms with Gasteiger partial charge >= 0.3 is 0 Å². The van der Waals surface area contributed by atoms with Gasteiger partial charge in [-0.05, 0) is 24.3 Å². The minimum absolute atomic E-state index is 0.224. The van der Waals surface area contributed by atoms with Gasteiger partial charge in [-0.3, -0.25) is 0 Å². The molecule has 1 aliphatic rings. The lowest BCUT2D eigenvalue weighted by Gasteiger charge is -2.28. The number of nitrogens with two attached hydrogens (primary N) is 1. The Morgan fingerprint density at radius 1 is 1.09 bits per heavy atom. The van der Waals surface area contributed by atoms with Gasteiger partial charge in [-0.15, -0.1) is 11.3 Å². The van der Waals surface area contributed by atoms with E-state index in [9.17, 15) is 4.39 Å².